The number of para-hydroxylation sites is 1. The van der Waals surface area contributed by atoms with E-state index in [0.717, 1.165) is 5.69 Å². The quantitative estimate of drug-likeness (QED) is 0.703. The van der Waals surface area contributed by atoms with Crippen LogP contribution < -0.4 is 5.32 Å². The van der Waals surface area contributed by atoms with Gasteiger partial charge in [-0.25, -0.2) is 0 Å². The Hall–Kier alpha value is -1.06. The van der Waals surface area contributed by atoms with E-state index in [4.69, 9.17) is 9.84 Å². The number of aliphatic hydroxyl groups excluding tert-OH is 1. The number of ether oxygens (including phenoxy) is 1. The van der Waals surface area contributed by atoms with E-state index in [2.05, 4.69) is 5.32 Å². The van der Waals surface area contributed by atoms with Gasteiger partial charge in [-0.05, 0) is 25.5 Å². The van der Waals surface area contributed by atoms with Gasteiger partial charge in [-0.15, -0.1) is 0 Å². The van der Waals surface area contributed by atoms with Crippen LogP contribution in [-0.4, -0.2) is 24.5 Å². The number of hydrogen-bond acceptors (Lipinski definition) is 3. The summed E-state index contributed by atoms with van der Waals surface area (Å²) in [6.45, 7) is 4.38. The van der Waals surface area contributed by atoms with Gasteiger partial charge >= 0.3 is 0 Å². The summed E-state index contributed by atoms with van der Waals surface area (Å²) in [6, 6.07) is 8.03. The van der Waals surface area contributed by atoms with Crippen LogP contribution in [-0.2, 0) is 4.74 Å². The third-order valence-electron chi connectivity index (χ3n) is 1.96. The normalized spacial score (nSPS) is 12.5. The number of aryl methyl sites for hydroxylation is 1. The molecule has 0 aliphatic rings. The molecular formula is C11H17NO2. The van der Waals surface area contributed by atoms with Crippen LogP contribution in [0, 0.1) is 6.92 Å². The molecule has 0 aromatic heterocycles. The average molecular weight is 195 g/mol. The highest BCUT2D eigenvalue weighted by Gasteiger charge is 2.02. The molecule has 0 saturated carbocycles. The number of rotatable bonds is 5. The second kappa shape index (κ2) is 5.62. The van der Waals surface area contributed by atoms with Crippen molar-refractivity contribution in [2.24, 2.45) is 0 Å². The molecule has 0 radical (unpaired) electrons. The third-order valence-corrected chi connectivity index (χ3v) is 1.96. The van der Waals surface area contributed by atoms with E-state index in [1.54, 1.807) is 0 Å². The van der Waals surface area contributed by atoms with Gasteiger partial charge in [0.1, 0.15) is 6.23 Å². The van der Waals surface area contributed by atoms with E-state index in [9.17, 15) is 0 Å². The van der Waals surface area contributed by atoms with Crippen molar-refractivity contribution in [2.75, 3.05) is 18.5 Å². The fourth-order valence-corrected chi connectivity index (χ4v) is 1.22. The van der Waals surface area contributed by atoms with Gasteiger partial charge in [0.05, 0.1) is 13.2 Å². The van der Waals surface area contributed by atoms with E-state index in [0.29, 0.717) is 6.61 Å². The Kier molecular flexibility index (Phi) is 4.43. The molecule has 0 saturated heterocycles. The zero-order valence-electron chi connectivity index (χ0n) is 8.66. The minimum absolute atomic E-state index is 0.0553. The summed E-state index contributed by atoms with van der Waals surface area (Å²) in [5, 5.41) is 11.8. The summed E-state index contributed by atoms with van der Waals surface area (Å²) in [4.78, 5) is 0. The lowest BCUT2D eigenvalue weighted by atomic mass is 10.2. The number of nitrogens with one attached hydrogen (secondary N) is 1. The Balaban J connectivity index is 2.47. The first-order valence-electron chi connectivity index (χ1n) is 4.78. The summed E-state index contributed by atoms with van der Waals surface area (Å²) < 4.78 is 5.29. The maximum absolute atomic E-state index is 8.58. The van der Waals surface area contributed by atoms with Crippen molar-refractivity contribution in [1.82, 2.24) is 0 Å². The molecule has 14 heavy (non-hydrogen) atoms. The monoisotopic (exact) mass is 195 g/mol. The van der Waals surface area contributed by atoms with Crippen molar-refractivity contribution < 1.29 is 9.84 Å². The van der Waals surface area contributed by atoms with Crippen LogP contribution in [0.1, 0.15) is 12.5 Å². The molecule has 3 heteroatoms. The topological polar surface area (TPSA) is 41.5 Å². The number of hydrogen-bond donors (Lipinski definition) is 2. The zero-order valence-corrected chi connectivity index (χ0v) is 8.66. The van der Waals surface area contributed by atoms with Crippen LogP contribution in [0.15, 0.2) is 24.3 Å². The van der Waals surface area contributed by atoms with Crippen LogP contribution in [0.4, 0.5) is 5.69 Å². The lowest BCUT2D eigenvalue weighted by Crippen LogP contribution is -2.21. The molecule has 1 aromatic carbocycles. The second-order valence-electron chi connectivity index (χ2n) is 3.20. The third kappa shape index (κ3) is 3.36. The van der Waals surface area contributed by atoms with Gasteiger partial charge < -0.3 is 15.2 Å². The van der Waals surface area contributed by atoms with Crippen LogP contribution in [0.25, 0.3) is 0 Å². The Morgan fingerprint density at radius 1 is 1.43 bits per heavy atom. The van der Waals surface area contributed by atoms with Crippen molar-refractivity contribution in [3.05, 3.63) is 29.8 Å². The maximum Gasteiger partial charge on any atom is 0.124 e. The Labute approximate surface area is 84.7 Å². The largest absolute Gasteiger partial charge is 0.394 e. The molecule has 1 rings (SSSR count). The summed E-state index contributed by atoms with van der Waals surface area (Å²) in [6.07, 6.45) is -0.0803. The highest BCUT2D eigenvalue weighted by atomic mass is 16.5. The summed E-state index contributed by atoms with van der Waals surface area (Å²) in [5.41, 5.74) is 2.25. The lowest BCUT2D eigenvalue weighted by Gasteiger charge is -2.16. The van der Waals surface area contributed by atoms with Gasteiger partial charge in [0.2, 0.25) is 0 Å². The predicted octanol–water partition coefficient (Wildman–Crippen LogP) is 1.76. The molecule has 0 fully saturated rings. The standard InChI is InChI=1S/C11H17NO2/c1-9-5-3-4-6-11(9)12-10(2)14-8-7-13/h3-6,10,12-13H,7-8H2,1-2H3. The molecule has 78 valence electrons. The van der Waals surface area contributed by atoms with Crippen LogP contribution in [0.5, 0.6) is 0 Å². The van der Waals surface area contributed by atoms with Gasteiger partial charge in [0.15, 0.2) is 0 Å². The number of aliphatic hydroxyl groups is 1. The molecule has 0 spiro atoms. The molecular weight excluding hydrogens is 178 g/mol. The maximum atomic E-state index is 8.58. The zero-order chi connectivity index (χ0) is 10.4. The van der Waals surface area contributed by atoms with E-state index in [1.165, 1.54) is 5.56 Å². The highest BCUT2D eigenvalue weighted by molar-refractivity contribution is 5.50. The average Bonchev–Trinajstić information content (AvgIpc) is 2.18. The van der Waals surface area contributed by atoms with Crippen molar-refractivity contribution in [2.45, 2.75) is 20.1 Å². The van der Waals surface area contributed by atoms with Crippen molar-refractivity contribution in [1.29, 1.82) is 0 Å². The molecule has 0 bridgehead atoms. The molecule has 0 aliphatic carbocycles. The van der Waals surface area contributed by atoms with Gasteiger partial charge in [0, 0.05) is 5.69 Å². The number of benzene rings is 1. The fraction of sp³-hybridized carbons (Fsp3) is 0.455. The lowest BCUT2D eigenvalue weighted by molar-refractivity contribution is 0.0542. The van der Waals surface area contributed by atoms with Crippen molar-refractivity contribution >= 4 is 5.69 Å². The van der Waals surface area contributed by atoms with Crippen LogP contribution in [0.3, 0.4) is 0 Å². The van der Waals surface area contributed by atoms with Gasteiger partial charge in [-0.2, -0.15) is 0 Å². The van der Waals surface area contributed by atoms with Crippen molar-refractivity contribution in [3.63, 3.8) is 0 Å². The summed E-state index contributed by atoms with van der Waals surface area (Å²) >= 11 is 0. The molecule has 1 aromatic rings. The van der Waals surface area contributed by atoms with Crippen LogP contribution >= 0.6 is 0 Å². The van der Waals surface area contributed by atoms with E-state index >= 15 is 0 Å². The summed E-state index contributed by atoms with van der Waals surface area (Å²) in [7, 11) is 0. The van der Waals surface area contributed by atoms with Gasteiger partial charge in [-0.3, -0.25) is 0 Å². The minimum atomic E-state index is -0.0803. The predicted molar refractivity (Wildman–Crippen MR) is 57.3 cm³/mol. The first kappa shape index (κ1) is 11.0. The minimum Gasteiger partial charge on any atom is -0.394 e. The van der Waals surface area contributed by atoms with Gasteiger partial charge in [-0.1, -0.05) is 18.2 Å². The second-order valence-corrected chi connectivity index (χ2v) is 3.20. The summed E-state index contributed by atoms with van der Waals surface area (Å²) in [5.74, 6) is 0. The van der Waals surface area contributed by atoms with E-state index in [-0.39, 0.29) is 12.8 Å². The van der Waals surface area contributed by atoms with E-state index < -0.39 is 0 Å². The molecule has 2 N–H and O–H groups in total. The first-order valence-corrected chi connectivity index (χ1v) is 4.78. The van der Waals surface area contributed by atoms with Crippen molar-refractivity contribution in [3.8, 4) is 0 Å². The fourth-order valence-electron chi connectivity index (χ4n) is 1.22. The molecule has 0 aliphatic heterocycles. The highest BCUT2D eigenvalue weighted by Crippen LogP contribution is 2.14. The Bertz CT molecular complexity index is 276. The molecule has 1 atom stereocenters. The van der Waals surface area contributed by atoms with Gasteiger partial charge in [0.25, 0.3) is 0 Å². The molecule has 0 amide bonds. The SMILES string of the molecule is Cc1ccccc1NC(C)OCCO. The first-order chi connectivity index (χ1) is 6.74. The number of anilines is 1. The van der Waals surface area contributed by atoms with E-state index in [1.807, 2.05) is 38.1 Å². The Morgan fingerprint density at radius 2 is 2.14 bits per heavy atom. The smallest absolute Gasteiger partial charge is 0.124 e. The van der Waals surface area contributed by atoms with Crippen LogP contribution in [0.2, 0.25) is 0 Å². The Morgan fingerprint density at radius 3 is 2.79 bits per heavy atom. The molecule has 3 nitrogen and oxygen atoms in total. The molecule has 0 heterocycles. The molecule has 1 unspecified atom stereocenters.